The molecule has 1 aromatic heterocycles. The van der Waals surface area contributed by atoms with E-state index in [1.165, 1.54) is 18.2 Å². The molecule has 0 fully saturated rings. The molecule has 2 aliphatic rings. The second-order valence-corrected chi connectivity index (χ2v) is 16.2. The molecule has 4 unspecified atom stereocenters. The molecule has 2 aliphatic heterocycles. The number of H-pyrrole nitrogens is 1. The molecule has 0 spiro atoms. The number of rotatable bonds is 12. The van der Waals surface area contributed by atoms with Crippen LogP contribution in [0.2, 0.25) is 0 Å². The molecule has 0 aliphatic carbocycles. The van der Waals surface area contributed by atoms with E-state index in [2.05, 4.69) is 31.6 Å². The average molecular weight is 895 g/mol. The summed E-state index contributed by atoms with van der Waals surface area (Å²) in [5.41, 5.74) is 5.00. The quantitative estimate of drug-likeness (QED) is 0.0660. The number of aromatic amines is 1. The van der Waals surface area contributed by atoms with Crippen molar-refractivity contribution < 1.29 is 43.0 Å². The number of carbonyl (C=O) groups excluding carboxylic acids is 5. The van der Waals surface area contributed by atoms with Gasteiger partial charge in [-0.1, -0.05) is 103 Å². The van der Waals surface area contributed by atoms with Gasteiger partial charge in [0, 0.05) is 49.3 Å². The third kappa shape index (κ3) is 12.7. The Morgan fingerprint density at radius 2 is 1.29 bits per heavy atom. The van der Waals surface area contributed by atoms with Gasteiger partial charge in [0.2, 0.25) is 23.6 Å². The van der Waals surface area contributed by atoms with Crippen LogP contribution in [0, 0.1) is 5.82 Å². The molecule has 4 atom stereocenters. The summed E-state index contributed by atoms with van der Waals surface area (Å²) in [4.78, 5) is 85.2. The normalized spacial score (nSPS) is 18.6. The lowest BCUT2D eigenvalue weighted by Crippen LogP contribution is -2.59. The van der Waals surface area contributed by atoms with Crippen LogP contribution in [0.15, 0.2) is 134 Å². The van der Waals surface area contributed by atoms with Gasteiger partial charge >= 0.3 is 5.97 Å². The SMILES string of the molecule is O=C(O)CCCNC(=O)C1CCc2ccc(cc2)OCC(=O)NC(Cc2c[nH]c3ccccc23)C(=O)NC(Cc2ccc(-c3ccccc3)cc2)C(=O)NC(Cc2ccccc2F)C(=O)N1. The highest BCUT2D eigenvalue weighted by atomic mass is 19.1. The van der Waals surface area contributed by atoms with Crippen LogP contribution in [0.5, 0.6) is 5.75 Å². The maximum atomic E-state index is 15.3. The summed E-state index contributed by atoms with van der Waals surface area (Å²) in [5.74, 6) is -4.72. The molecule has 7 N–H and O–H groups in total. The predicted molar refractivity (Wildman–Crippen MR) is 246 cm³/mol. The molecule has 340 valence electrons. The van der Waals surface area contributed by atoms with Crippen LogP contribution >= 0.6 is 0 Å². The summed E-state index contributed by atoms with van der Waals surface area (Å²) in [6, 6.07) is 32.2. The molecule has 6 aromatic rings. The Hall–Kier alpha value is -7.81. The zero-order chi connectivity index (χ0) is 46.4. The Bertz CT molecular complexity index is 2650. The molecule has 2 bridgehead atoms. The van der Waals surface area contributed by atoms with E-state index in [9.17, 15) is 28.8 Å². The van der Waals surface area contributed by atoms with Gasteiger partial charge in [0.05, 0.1) is 0 Å². The van der Waals surface area contributed by atoms with Gasteiger partial charge in [-0.25, -0.2) is 4.39 Å². The number of carboxylic acid groups (broad SMARTS) is 1. The standard InChI is InChI=1S/C51H51FN6O8/c52-40-13-6-4-11-36(40)28-45-51(65)56-42(48(62)53-26-8-15-47(60)61)25-20-32-18-23-38(24-19-32)66-31-46(59)55-44(29-37-30-54-41-14-7-5-12-39(37)41)50(64)57-43(49(63)58-45)27-33-16-21-35(22-17-33)34-9-2-1-3-10-34/h1-7,9-14,16-19,21-24,30,42-45,54H,8,15,20,25-29,31H2,(H,53,62)(H,55,59)(H,56,65)(H,57,64)(H,58,63)(H,60,61). The molecule has 5 amide bonds. The van der Waals surface area contributed by atoms with E-state index in [0.29, 0.717) is 17.7 Å². The summed E-state index contributed by atoms with van der Waals surface area (Å²) in [6.45, 7) is -0.399. The van der Waals surface area contributed by atoms with Crippen LogP contribution in [-0.4, -0.2) is 82.9 Å². The fourth-order valence-corrected chi connectivity index (χ4v) is 7.84. The first-order valence-corrected chi connectivity index (χ1v) is 21.8. The molecule has 66 heavy (non-hydrogen) atoms. The van der Waals surface area contributed by atoms with Crippen LogP contribution in [0.3, 0.4) is 0 Å². The van der Waals surface area contributed by atoms with Crippen molar-refractivity contribution in [1.82, 2.24) is 31.6 Å². The third-order valence-electron chi connectivity index (χ3n) is 11.4. The van der Waals surface area contributed by atoms with Crippen molar-refractivity contribution in [3.05, 3.63) is 162 Å². The zero-order valence-electron chi connectivity index (χ0n) is 36.1. The molecule has 0 saturated heterocycles. The van der Waals surface area contributed by atoms with Gasteiger partial charge in [0.25, 0.3) is 5.91 Å². The highest BCUT2D eigenvalue weighted by molar-refractivity contribution is 5.96. The molecule has 14 nitrogen and oxygen atoms in total. The lowest BCUT2D eigenvalue weighted by atomic mass is 9.98. The smallest absolute Gasteiger partial charge is 0.303 e. The van der Waals surface area contributed by atoms with Crippen molar-refractivity contribution in [1.29, 1.82) is 0 Å². The van der Waals surface area contributed by atoms with E-state index >= 15 is 4.39 Å². The van der Waals surface area contributed by atoms with Crippen LogP contribution < -0.4 is 31.3 Å². The summed E-state index contributed by atoms with van der Waals surface area (Å²) >= 11 is 0. The number of hydrogen-bond acceptors (Lipinski definition) is 7. The summed E-state index contributed by atoms with van der Waals surface area (Å²) in [5, 5.41) is 23.9. The zero-order valence-corrected chi connectivity index (χ0v) is 36.1. The average Bonchev–Trinajstić information content (AvgIpc) is 3.73. The van der Waals surface area contributed by atoms with Gasteiger partial charge in [-0.3, -0.25) is 28.8 Å². The van der Waals surface area contributed by atoms with Crippen LogP contribution in [0.1, 0.15) is 41.5 Å². The molecule has 0 saturated carbocycles. The van der Waals surface area contributed by atoms with Crippen LogP contribution in [0.25, 0.3) is 22.0 Å². The molecule has 8 rings (SSSR count). The van der Waals surface area contributed by atoms with E-state index in [0.717, 1.165) is 33.2 Å². The Morgan fingerprint density at radius 1 is 0.667 bits per heavy atom. The lowest BCUT2D eigenvalue weighted by Gasteiger charge is -2.27. The van der Waals surface area contributed by atoms with Gasteiger partial charge in [-0.15, -0.1) is 0 Å². The molecule has 0 radical (unpaired) electrons. The first-order valence-electron chi connectivity index (χ1n) is 21.8. The van der Waals surface area contributed by atoms with Gasteiger partial charge < -0.3 is 41.4 Å². The third-order valence-corrected chi connectivity index (χ3v) is 11.4. The maximum absolute atomic E-state index is 15.3. The van der Waals surface area contributed by atoms with Gasteiger partial charge in [-0.05, 0) is 76.9 Å². The summed E-state index contributed by atoms with van der Waals surface area (Å²) in [6.07, 6.45) is 1.79. The Balaban J connectivity index is 1.24. The monoisotopic (exact) mass is 894 g/mol. The highest BCUT2D eigenvalue weighted by Crippen LogP contribution is 2.22. The van der Waals surface area contributed by atoms with Gasteiger partial charge in [-0.2, -0.15) is 0 Å². The minimum absolute atomic E-state index is 0.0293. The second-order valence-electron chi connectivity index (χ2n) is 16.2. The Labute approximate surface area is 380 Å². The number of fused-ring (bicyclic) bond motifs is 18. The molecule has 3 heterocycles. The predicted octanol–water partition coefficient (Wildman–Crippen LogP) is 4.95. The lowest BCUT2D eigenvalue weighted by molar-refractivity contribution is -0.137. The molecular formula is C51H51FN6O8. The van der Waals surface area contributed by atoms with Crippen molar-refractivity contribution in [2.75, 3.05) is 13.2 Å². The summed E-state index contributed by atoms with van der Waals surface area (Å²) < 4.78 is 21.1. The van der Waals surface area contributed by atoms with Gasteiger partial charge in [0.1, 0.15) is 35.7 Å². The number of halogens is 1. The number of para-hydroxylation sites is 1. The first-order chi connectivity index (χ1) is 32.0. The number of amides is 5. The minimum Gasteiger partial charge on any atom is -0.484 e. The van der Waals surface area contributed by atoms with Crippen molar-refractivity contribution >= 4 is 46.4 Å². The number of ether oxygens (including phenoxy) is 1. The minimum atomic E-state index is -1.44. The van der Waals surface area contributed by atoms with E-state index in [1.54, 1.807) is 36.5 Å². The fourth-order valence-electron chi connectivity index (χ4n) is 7.84. The number of carboxylic acids is 1. The van der Waals surface area contributed by atoms with Crippen molar-refractivity contribution in [3.63, 3.8) is 0 Å². The van der Waals surface area contributed by atoms with E-state index in [1.807, 2.05) is 78.9 Å². The number of benzene rings is 5. The summed E-state index contributed by atoms with van der Waals surface area (Å²) in [7, 11) is 0. The second kappa shape index (κ2) is 22.2. The molecule has 5 aromatic carbocycles. The number of nitrogens with one attached hydrogen (secondary N) is 6. The number of aryl methyl sites for hydroxylation is 1. The number of hydrogen-bond donors (Lipinski definition) is 7. The van der Waals surface area contributed by atoms with Crippen LogP contribution in [-0.2, 0) is 54.5 Å². The van der Waals surface area contributed by atoms with Crippen molar-refractivity contribution in [2.24, 2.45) is 0 Å². The van der Waals surface area contributed by atoms with Gasteiger partial charge in [0.15, 0.2) is 6.61 Å². The number of carbonyl (C=O) groups is 6. The first kappa shape index (κ1) is 46.2. The Morgan fingerprint density at radius 3 is 2.02 bits per heavy atom. The Kier molecular flexibility index (Phi) is 15.5. The molecule has 15 heteroatoms. The number of aromatic nitrogens is 1. The largest absolute Gasteiger partial charge is 0.484 e. The van der Waals surface area contributed by atoms with Crippen molar-refractivity contribution in [3.8, 4) is 16.9 Å². The molecular weight excluding hydrogens is 844 g/mol. The van der Waals surface area contributed by atoms with E-state index < -0.39 is 72.1 Å². The van der Waals surface area contributed by atoms with Crippen molar-refractivity contribution in [2.45, 2.75) is 69.1 Å². The highest BCUT2D eigenvalue weighted by Gasteiger charge is 2.33. The van der Waals surface area contributed by atoms with E-state index in [-0.39, 0.29) is 50.6 Å². The number of aliphatic carboxylic acids is 1. The maximum Gasteiger partial charge on any atom is 0.303 e. The van der Waals surface area contributed by atoms with E-state index in [4.69, 9.17) is 9.84 Å². The topological polar surface area (TPSA) is 208 Å². The van der Waals surface area contributed by atoms with Crippen LogP contribution in [0.4, 0.5) is 4.39 Å². The fraction of sp³-hybridized carbons (Fsp3) is 0.255.